The van der Waals surface area contributed by atoms with Crippen molar-refractivity contribution in [1.82, 2.24) is 9.03 Å². The second-order valence-electron chi connectivity index (χ2n) is 2.16. The number of fused-ring (bicyclic) bond motifs is 1. The summed E-state index contributed by atoms with van der Waals surface area (Å²) >= 11 is 7.80. The number of halogens is 3. The van der Waals surface area contributed by atoms with Crippen LogP contribution in [0, 0.1) is 0 Å². The average molecular weight is 314 g/mol. The predicted molar refractivity (Wildman–Crippen MR) is 54.7 cm³/mol. The quantitative estimate of drug-likeness (QED) is 0.546. The lowest BCUT2D eigenvalue weighted by Crippen LogP contribution is -2.12. The molecule has 2 aliphatic rings. The third-order valence-electron chi connectivity index (χ3n) is 1.43. The molecule has 2 heterocycles. The van der Waals surface area contributed by atoms with Gasteiger partial charge in [0.1, 0.15) is 10.4 Å². The van der Waals surface area contributed by atoms with Crippen molar-refractivity contribution in [3.63, 3.8) is 0 Å². The van der Waals surface area contributed by atoms with Crippen LogP contribution in [0.3, 0.4) is 0 Å². The van der Waals surface area contributed by atoms with Gasteiger partial charge in [-0.1, -0.05) is 0 Å². The highest BCUT2D eigenvalue weighted by molar-refractivity contribution is 9.12. The molecule has 2 aliphatic heterocycles. The Morgan fingerprint density at radius 2 is 2.25 bits per heavy atom. The zero-order valence-electron chi connectivity index (χ0n) is 5.64. The zero-order valence-corrected chi connectivity index (χ0v) is 9.63. The van der Waals surface area contributed by atoms with Crippen molar-refractivity contribution in [2.24, 2.45) is 0 Å². The van der Waals surface area contributed by atoms with Crippen molar-refractivity contribution < 1.29 is 4.39 Å². The number of hydrogen-bond acceptors (Lipinski definition) is 3. The first-order valence-electron chi connectivity index (χ1n) is 3.06. The fraction of sp³-hybridized carbons (Fsp3) is 0. The molecule has 6 heteroatoms. The molecule has 2 nitrogen and oxygen atoms in total. The fourth-order valence-electron chi connectivity index (χ4n) is 0.903. The van der Waals surface area contributed by atoms with E-state index in [0.29, 0.717) is 9.09 Å². The third-order valence-corrected chi connectivity index (χ3v) is 3.84. The van der Waals surface area contributed by atoms with Crippen molar-refractivity contribution in [1.29, 1.82) is 0 Å². The van der Waals surface area contributed by atoms with Gasteiger partial charge >= 0.3 is 0 Å². The molecule has 0 spiro atoms. The summed E-state index contributed by atoms with van der Waals surface area (Å²) in [5, 5.41) is 0. The summed E-state index contributed by atoms with van der Waals surface area (Å²) in [7, 11) is 0. The third kappa shape index (κ3) is 1.22. The predicted octanol–water partition coefficient (Wildman–Crippen LogP) is 3.12. The van der Waals surface area contributed by atoms with E-state index in [-0.39, 0.29) is 5.83 Å². The molecule has 64 valence electrons. The van der Waals surface area contributed by atoms with Gasteiger partial charge in [0.2, 0.25) is 0 Å². The van der Waals surface area contributed by atoms with E-state index in [0.717, 1.165) is 5.70 Å². The molecule has 0 aromatic carbocycles. The van der Waals surface area contributed by atoms with Gasteiger partial charge in [0.25, 0.3) is 0 Å². The Labute approximate surface area is 90.1 Å². The van der Waals surface area contributed by atoms with E-state index in [2.05, 4.69) is 36.6 Å². The maximum absolute atomic E-state index is 13.1. The Balaban J connectivity index is 2.49. The molecule has 0 radical (unpaired) electrons. The smallest absolute Gasteiger partial charge is 0.142 e. The first-order valence-corrected chi connectivity index (χ1v) is 5.41. The Bertz CT molecular complexity index is 324. The van der Waals surface area contributed by atoms with E-state index in [9.17, 15) is 4.39 Å². The number of hydrogen-bond donors (Lipinski definition) is 1. The summed E-state index contributed by atoms with van der Waals surface area (Å²) in [6.45, 7) is 0. The van der Waals surface area contributed by atoms with Crippen LogP contribution < -0.4 is 4.72 Å². The summed E-state index contributed by atoms with van der Waals surface area (Å²) in [6.07, 6.45) is 3.16. The normalized spacial score (nSPS) is 21.8. The van der Waals surface area contributed by atoms with Crippen LogP contribution in [0.1, 0.15) is 0 Å². The molecule has 0 fully saturated rings. The molecule has 0 aromatic rings. The molecule has 0 aromatic heterocycles. The summed E-state index contributed by atoms with van der Waals surface area (Å²) in [5.74, 6) is -0.270. The topological polar surface area (TPSA) is 15.3 Å². The number of allylic oxidation sites excluding steroid dienone is 3. The highest BCUT2D eigenvalue weighted by atomic mass is 79.9. The van der Waals surface area contributed by atoms with Crippen LogP contribution in [-0.2, 0) is 0 Å². The van der Waals surface area contributed by atoms with E-state index in [1.807, 2.05) is 4.31 Å². The number of rotatable bonds is 0. The molecule has 0 bridgehead atoms. The lowest BCUT2D eigenvalue weighted by atomic mass is 10.3. The zero-order chi connectivity index (χ0) is 8.72. The van der Waals surface area contributed by atoms with Gasteiger partial charge in [-0.25, -0.2) is 4.39 Å². The maximum atomic E-state index is 13.1. The van der Waals surface area contributed by atoms with E-state index in [1.54, 1.807) is 6.20 Å². The van der Waals surface area contributed by atoms with E-state index >= 15 is 0 Å². The highest BCUT2D eigenvalue weighted by Gasteiger charge is 2.27. The number of nitrogens with one attached hydrogen (secondary N) is 1. The van der Waals surface area contributed by atoms with E-state index in [1.165, 1.54) is 18.2 Å². The van der Waals surface area contributed by atoms with Crippen LogP contribution >= 0.6 is 44.0 Å². The fourth-order valence-corrected chi connectivity index (χ4v) is 2.69. The summed E-state index contributed by atoms with van der Waals surface area (Å²) in [6, 6.07) is 0. The molecule has 0 unspecified atom stereocenters. The molecule has 2 rings (SSSR count). The van der Waals surface area contributed by atoms with Crippen LogP contribution in [0.15, 0.2) is 32.9 Å². The van der Waals surface area contributed by atoms with Gasteiger partial charge in [-0.15, -0.1) is 0 Å². The van der Waals surface area contributed by atoms with Crippen LogP contribution in [-0.4, -0.2) is 4.31 Å². The summed E-state index contributed by atoms with van der Waals surface area (Å²) in [5.41, 5.74) is 0.784. The second-order valence-corrected chi connectivity index (χ2v) is 4.55. The molecule has 1 N–H and O–H groups in total. The number of nitrogens with zero attached hydrogens (tertiary/aromatic N) is 1. The average Bonchev–Trinajstić information content (AvgIpc) is 2.48. The standard InChI is InChI=1S/C6H3Br2FN2S/c7-5-1-3(9)6(8)4-2-10-12-11(4)5/h1-2,10H. The Kier molecular flexibility index (Phi) is 2.22. The van der Waals surface area contributed by atoms with Gasteiger partial charge in [-0.2, -0.15) is 0 Å². The molecular weight excluding hydrogens is 311 g/mol. The van der Waals surface area contributed by atoms with E-state index in [4.69, 9.17) is 0 Å². The molecule has 0 saturated carbocycles. The van der Waals surface area contributed by atoms with Crippen LogP contribution in [0.4, 0.5) is 4.39 Å². The van der Waals surface area contributed by atoms with Gasteiger partial charge in [0.15, 0.2) is 0 Å². The van der Waals surface area contributed by atoms with E-state index < -0.39 is 0 Å². The van der Waals surface area contributed by atoms with Crippen molar-refractivity contribution >= 4 is 44.0 Å². The van der Waals surface area contributed by atoms with Gasteiger partial charge in [-0.3, -0.25) is 4.31 Å². The molecule has 12 heavy (non-hydrogen) atoms. The van der Waals surface area contributed by atoms with Crippen LogP contribution in [0.25, 0.3) is 0 Å². The Morgan fingerprint density at radius 1 is 1.50 bits per heavy atom. The minimum atomic E-state index is -0.270. The minimum Gasteiger partial charge on any atom is -0.316 e. The van der Waals surface area contributed by atoms with Gasteiger partial charge in [-0.05, 0) is 31.9 Å². The molecule has 0 saturated heterocycles. The highest BCUT2D eigenvalue weighted by Crippen LogP contribution is 2.42. The Hall–Kier alpha value is 0.0600. The maximum Gasteiger partial charge on any atom is 0.142 e. The van der Waals surface area contributed by atoms with Crippen LogP contribution in [0.5, 0.6) is 0 Å². The monoisotopic (exact) mass is 312 g/mol. The van der Waals surface area contributed by atoms with Crippen molar-refractivity contribution in [2.75, 3.05) is 0 Å². The summed E-state index contributed by atoms with van der Waals surface area (Å²) in [4.78, 5) is 0. The van der Waals surface area contributed by atoms with Gasteiger partial charge in [0.05, 0.1) is 22.3 Å². The summed E-state index contributed by atoms with van der Waals surface area (Å²) < 4.78 is 19.0. The van der Waals surface area contributed by atoms with Crippen molar-refractivity contribution in [3.05, 3.63) is 32.9 Å². The van der Waals surface area contributed by atoms with Crippen LogP contribution in [0.2, 0.25) is 0 Å². The molecule has 0 aliphatic carbocycles. The van der Waals surface area contributed by atoms with Crippen molar-refractivity contribution in [2.45, 2.75) is 0 Å². The van der Waals surface area contributed by atoms with Gasteiger partial charge < -0.3 is 4.72 Å². The molecular formula is C6H3Br2FN2S. The van der Waals surface area contributed by atoms with Gasteiger partial charge in [0, 0.05) is 12.3 Å². The Morgan fingerprint density at radius 3 is 3.00 bits per heavy atom. The van der Waals surface area contributed by atoms with Crippen molar-refractivity contribution in [3.8, 4) is 0 Å². The molecule has 0 atom stereocenters. The SMILES string of the molecule is FC1=C(Br)C2=CNSN2C(Br)=C1. The molecule has 0 amide bonds. The first kappa shape index (κ1) is 8.65. The largest absolute Gasteiger partial charge is 0.316 e. The minimum absolute atomic E-state index is 0.270. The second kappa shape index (κ2) is 3.08. The lowest BCUT2D eigenvalue weighted by molar-refractivity contribution is 0.638. The lowest BCUT2D eigenvalue weighted by Gasteiger charge is -2.21. The first-order chi connectivity index (χ1) is 5.70.